The largest absolute Gasteiger partial charge is 0.365 e. The lowest BCUT2D eigenvalue weighted by molar-refractivity contribution is -0.116. The van der Waals surface area contributed by atoms with Crippen LogP contribution in [0.25, 0.3) is 0 Å². The molecule has 2 heterocycles. The normalized spacial score (nSPS) is 11.6. The number of aryl methyl sites for hydroxylation is 1. The Hall–Kier alpha value is -2.50. The van der Waals surface area contributed by atoms with Gasteiger partial charge in [-0.1, -0.05) is 13.8 Å². The van der Waals surface area contributed by atoms with Crippen molar-refractivity contribution in [2.24, 2.45) is 5.73 Å². The maximum atomic E-state index is 12.7. The second-order valence-corrected chi connectivity index (χ2v) is 9.48. The third kappa shape index (κ3) is 4.74. The van der Waals surface area contributed by atoms with Crippen molar-refractivity contribution in [3.05, 3.63) is 44.7 Å². The van der Waals surface area contributed by atoms with E-state index in [9.17, 15) is 22.8 Å². The highest BCUT2D eigenvalue weighted by atomic mass is 32.2. The fourth-order valence-corrected chi connectivity index (χ4v) is 5.39. The third-order valence-electron chi connectivity index (χ3n) is 4.50. The molecule has 2 amide bonds. The van der Waals surface area contributed by atoms with Crippen molar-refractivity contribution < 1.29 is 18.0 Å². The average Bonchev–Trinajstić information content (AvgIpc) is 2.91. The Balaban J connectivity index is 2.32. The molecule has 2 aromatic heterocycles. The second-order valence-electron chi connectivity index (χ2n) is 6.32. The van der Waals surface area contributed by atoms with Crippen molar-refractivity contribution in [3.63, 3.8) is 0 Å². The van der Waals surface area contributed by atoms with E-state index in [1.807, 2.05) is 0 Å². The van der Waals surface area contributed by atoms with Gasteiger partial charge in [0.2, 0.25) is 15.9 Å². The topological polar surface area (TPSA) is 132 Å². The van der Waals surface area contributed by atoms with E-state index >= 15 is 0 Å². The fraction of sp³-hybridized carbons (Fsp3) is 0.389. The van der Waals surface area contributed by atoms with E-state index in [0.717, 1.165) is 21.7 Å². The predicted octanol–water partition coefficient (Wildman–Crippen LogP) is 1.29. The van der Waals surface area contributed by atoms with E-state index in [1.165, 1.54) is 21.7 Å². The van der Waals surface area contributed by atoms with E-state index in [4.69, 9.17) is 5.73 Å². The molecule has 29 heavy (non-hydrogen) atoms. The average molecular weight is 441 g/mol. The van der Waals surface area contributed by atoms with Gasteiger partial charge in [0.25, 0.3) is 11.5 Å². The van der Waals surface area contributed by atoms with Crippen LogP contribution in [0.3, 0.4) is 0 Å². The second kappa shape index (κ2) is 8.89. The van der Waals surface area contributed by atoms with Gasteiger partial charge in [-0.3, -0.25) is 14.4 Å². The minimum atomic E-state index is -3.77. The van der Waals surface area contributed by atoms with Crippen LogP contribution in [0.1, 0.15) is 34.6 Å². The number of rotatable bonds is 8. The standard InChI is InChI=1S/C18H24N4O5S2/c1-5-22(6-2)29(26,27)13-7-8-15(24)21(9-13)10-14(23)20-18-16(17(19)25)11(3)12(4)28-18/h7-9H,5-6,10H2,1-4H3,(H2,19,25)(H,20,23). The van der Waals surface area contributed by atoms with Crippen molar-refractivity contribution in [3.8, 4) is 0 Å². The molecule has 9 nitrogen and oxygen atoms in total. The number of primary amides is 1. The molecule has 0 aliphatic rings. The highest BCUT2D eigenvalue weighted by Gasteiger charge is 2.23. The molecule has 0 saturated carbocycles. The molecule has 0 saturated heterocycles. The molecule has 0 aromatic carbocycles. The molecule has 0 aliphatic heterocycles. The summed E-state index contributed by atoms with van der Waals surface area (Å²) in [6.07, 6.45) is 1.15. The van der Waals surface area contributed by atoms with Crippen LogP contribution < -0.4 is 16.6 Å². The molecule has 0 bridgehead atoms. The maximum Gasteiger partial charge on any atom is 0.251 e. The van der Waals surface area contributed by atoms with Crippen LogP contribution in [0.4, 0.5) is 5.00 Å². The Morgan fingerprint density at radius 1 is 1.21 bits per heavy atom. The van der Waals surface area contributed by atoms with Gasteiger partial charge in [-0.25, -0.2) is 8.42 Å². The van der Waals surface area contributed by atoms with E-state index in [-0.39, 0.29) is 23.5 Å². The van der Waals surface area contributed by atoms with Gasteiger partial charge in [-0.05, 0) is 25.5 Å². The molecule has 0 radical (unpaired) electrons. The minimum Gasteiger partial charge on any atom is -0.365 e. The summed E-state index contributed by atoms with van der Waals surface area (Å²) in [5.74, 6) is -1.24. The maximum absolute atomic E-state index is 12.7. The number of anilines is 1. The smallest absolute Gasteiger partial charge is 0.251 e. The zero-order chi connectivity index (χ0) is 21.9. The third-order valence-corrected chi connectivity index (χ3v) is 7.65. The van der Waals surface area contributed by atoms with Gasteiger partial charge >= 0.3 is 0 Å². The SMILES string of the molecule is CCN(CC)S(=O)(=O)c1ccc(=O)n(CC(=O)Nc2sc(C)c(C)c2C(N)=O)c1. The van der Waals surface area contributed by atoms with Crippen molar-refractivity contribution in [2.45, 2.75) is 39.1 Å². The highest BCUT2D eigenvalue weighted by molar-refractivity contribution is 7.89. The van der Waals surface area contributed by atoms with Crippen LogP contribution in [0.5, 0.6) is 0 Å². The summed E-state index contributed by atoms with van der Waals surface area (Å²) in [4.78, 5) is 37.0. The Kier molecular flexibility index (Phi) is 6.98. The number of pyridine rings is 1. The molecule has 3 N–H and O–H groups in total. The Morgan fingerprint density at radius 2 is 1.83 bits per heavy atom. The lowest BCUT2D eigenvalue weighted by Crippen LogP contribution is -2.33. The Labute approximate surface area is 173 Å². The molecular formula is C18H24N4O5S2. The molecule has 2 aromatic rings. The van der Waals surface area contributed by atoms with Crippen molar-refractivity contribution >= 4 is 38.2 Å². The number of hydrogen-bond donors (Lipinski definition) is 2. The van der Waals surface area contributed by atoms with Crippen LogP contribution in [0.2, 0.25) is 0 Å². The summed E-state index contributed by atoms with van der Waals surface area (Å²) >= 11 is 1.21. The summed E-state index contributed by atoms with van der Waals surface area (Å²) in [6, 6.07) is 2.33. The van der Waals surface area contributed by atoms with Crippen LogP contribution in [0, 0.1) is 13.8 Å². The number of sulfonamides is 1. The highest BCUT2D eigenvalue weighted by Crippen LogP contribution is 2.32. The van der Waals surface area contributed by atoms with Crippen molar-refractivity contribution in [1.82, 2.24) is 8.87 Å². The predicted molar refractivity (Wildman–Crippen MR) is 112 cm³/mol. The first-order valence-electron chi connectivity index (χ1n) is 8.93. The van der Waals surface area contributed by atoms with Gasteiger partial charge in [0.15, 0.2) is 0 Å². The number of nitrogens with two attached hydrogens (primary N) is 1. The minimum absolute atomic E-state index is 0.0748. The van der Waals surface area contributed by atoms with Crippen LogP contribution in [-0.2, 0) is 21.4 Å². The number of nitrogens with zero attached hydrogens (tertiary/aromatic N) is 2. The molecule has 0 unspecified atom stereocenters. The van der Waals surface area contributed by atoms with Crippen LogP contribution >= 0.6 is 11.3 Å². The van der Waals surface area contributed by atoms with Gasteiger partial charge in [0, 0.05) is 30.2 Å². The molecular weight excluding hydrogens is 416 g/mol. The number of thiophene rings is 1. The Bertz CT molecular complexity index is 1100. The number of amides is 2. The zero-order valence-corrected chi connectivity index (χ0v) is 18.3. The molecule has 0 fully saturated rings. The van der Waals surface area contributed by atoms with Gasteiger partial charge in [-0.2, -0.15) is 4.31 Å². The van der Waals surface area contributed by atoms with E-state index < -0.39 is 33.9 Å². The summed E-state index contributed by atoms with van der Waals surface area (Å²) in [6.45, 7) is 7.12. The van der Waals surface area contributed by atoms with Crippen LogP contribution in [0.15, 0.2) is 28.0 Å². The molecule has 0 aliphatic carbocycles. The molecule has 0 atom stereocenters. The first-order chi connectivity index (χ1) is 13.5. The van der Waals surface area contributed by atoms with Crippen molar-refractivity contribution in [1.29, 1.82) is 0 Å². The quantitative estimate of drug-likeness (QED) is 0.638. The lowest BCUT2D eigenvalue weighted by atomic mass is 10.1. The van der Waals surface area contributed by atoms with E-state index in [0.29, 0.717) is 10.6 Å². The molecule has 11 heteroatoms. The van der Waals surface area contributed by atoms with Gasteiger partial charge in [0.05, 0.1) is 10.5 Å². The van der Waals surface area contributed by atoms with Gasteiger partial charge in [0.1, 0.15) is 11.5 Å². The monoisotopic (exact) mass is 440 g/mol. The molecule has 0 spiro atoms. The van der Waals surface area contributed by atoms with Gasteiger partial charge in [-0.15, -0.1) is 11.3 Å². The summed E-state index contributed by atoms with van der Waals surface area (Å²) in [5.41, 5.74) is 5.78. The molecule has 2 rings (SSSR count). The summed E-state index contributed by atoms with van der Waals surface area (Å²) in [5, 5.41) is 2.89. The van der Waals surface area contributed by atoms with Crippen molar-refractivity contribution in [2.75, 3.05) is 18.4 Å². The number of hydrogen-bond acceptors (Lipinski definition) is 6. The fourth-order valence-electron chi connectivity index (χ4n) is 2.83. The first-order valence-corrected chi connectivity index (χ1v) is 11.2. The summed E-state index contributed by atoms with van der Waals surface area (Å²) < 4.78 is 27.6. The summed E-state index contributed by atoms with van der Waals surface area (Å²) in [7, 11) is -3.77. The zero-order valence-electron chi connectivity index (χ0n) is 16.7. The van der Waals surface area contributed by atoms with Crippen LogP contribution in [-0.4, -0.2) is 42.2 Å². The van der Waals surface area contributed by atoms with E-state index in [2.05, 4.69) is 5.32 Å². The van der Waals surface area contributed by atoms with E-state index in [1.54, 1.807) is 27.7 Å². The number of nitrogens with one attached hydrogen (secondary N) is 1. The number of aromatic nitrogens is 1. The number of carbonyl (C=O) groups excluding carboxylic acids is 2. The van der Waals surface area contributed by atoms with Gasteiger partial charge < -0.3 is 15.6 Å². The lowest BCUT2D eigenvalue weighted by Gasteiger charge is -2.19. The molecule has 158 valence electrons. The first kappa shape index (κ1) is 22.8. The Morgan fingerprint density at radius 3 is 2.38 bits per heavy atom. The number of carbonyl (C=O) groups is 2.